The van der Waals surface area contributed by atoms with Gasteiger partial charge in [-0.05, 0) is 50.6 Å². The molecule has 116 valence electrons. The van der Waals surface area contributed by atoms with E-state index in [1.165, 1.54) is 23.3 Å². The molecule has 0 N–H and O–H groups in total. The molecule has 1 aliphatic heterocycles. The maximum Gasteiger partial charge on any atom is 0.410 e. The molecule has 4 nitrogen and oxygen atoms in total. The van der Waals surface area contributed by atoms with Crippen LogP contribution >= 0.6 is 11.3 Å². The van der Waals surface area contributed by atoms with Crippen LogP contribution in [0.4, 0.5) is 4.79 Å². The number of carbonyl (C=O) groups is 1. The number of hydrogen-bond donors (Lipinski definition) is 0. The number of carbonyl (C=O) groups excluding carboxylic acids is 1. The van der Waals surface area contributed by atoms with Crippen LogP contribution in [0, 0.1) is 0 Å². The molecule has 0 bridgehead atoms. The van der Waals surface area contributed by atoms with Gasteiger partial charge in [0.05, 0.1) is 13.2 Å². The van der Waals surface area contributed by atoms with E-state index in [0.717, 1.165) is 6.61 Å². The van der Waals surface area contributed by atoms with Crippen LogP contribution in [-0.4, -0.2) is 36.8 Å². The average molecular weight is 309 g/mol. The molecule has 3 rings (SSSR count). The number of nitrogens with zero attached hydrogens (tertiary/aromatic N) is 1. The summed E-state index contributed by atoms with van der Waals surface area (Å²) in [4.78, 5) is 15.0. The third-order valence-corrected chi connectivity index (χ3v) is 5.13. The third kappa shape index (κ3) is 2.94. The Morgan fingerprint density at radius 1 is 1.52 bits per heavy atom. The van der Waals surface area contributed by atoms with Gasteiger partial charge < -0.3 is 14.4 Å². The van der Waals surface area contributed by atoms with Gasteiger partial charge in [0.25, 0.3) is 0 Å². The van der Waals surface area contributed by atoms with Crippen LogP contribution in [0.3, 0.4) is 0 Å². The molecule has 5 heteroatoms. The van der Waals surface area contributed by atoms with Gasteiger partial charge in [-0.2, -0.15) is 0 Å². The van der Waals surface area contributed by atoms with Gasteiger partial charge in [-0.25, -0.2) is 4.79 Å². The molecular weight excluding hydrogens is 286 g/mol. The number of ether oxygens (including phenoxy) is 2. The summed E-state index contributed by atoms with van der Waals surface area (Å²) in [5.41, 5.74) is 1.27. The summed E-state index contributed by atoms with van der Waals surface area (Å²) >= 11 is 1.74. The quantitative estimate of drug-likeness (QED) is 0.836. The first-order valence-corrected chi connectivity index (χ1v) is 8.32. The zero-order chi connectivity index (χ0) is 15.3. The Hall–Kier alpha value is -1.07. The minimum atomic E-state index is -0.467. The smallest absolute Gasteiger partial charge is 0.410 e. The van der Waals surface area contributed by atoms with Gasteiger partial charge in [0.1, 0.15) is 11.7 Å². The Morgan fingerprint density at radius 3 is 2.86 bits per heavy atom. The van der Waals surface area contributed by atoms with Crippen LogP contribution in [0.2, 0.25) is 0 Å². The van der Waals surface area contributed by atoms with Gasteiger partial charge in [-0.15, -0.1) is 11.3 Å². The summed E-state index contributed by atoms with van der Waals surface area (Å²) in [5, 5.41) is 2.14. The Morgan fingerprint density at radius 2 is 2.24 bits per heavy atom. The lowest BCUT2D eigenvalue weighted by molar-refractivity contribution is -0.00925. The molecule has 2 heterocycles. The van der Waals surface area contributed by atoms with Crippen LogP contribution in [0.15, 0.2) is 11.4 Å². The fourth-order valence-electron chi connectivity index (χ4n) is 2.79. The van der Waals surface area contributed by atoms with Gasteiger partial charge in [0.2, 0.25) is 0 Å². The number of hydrogen-bond acceptors (Lipinski definition) is 4. The summed E-state index contributed by atoms with van der Waals surface area (Å²) in [6.45, 7) is 6.96. The molecule has 1 unspecified atom stereocenters. The summed E-state index contributed by atoms with van der Waals surface area (Å²) in [5.74, 6) is 0. The summed E-state index contributed by atoms with van der Waals surface area (Å²) < 4.78 is 11.5. The molecule has 1 atom stereocenters. The highest BCUT2D eigenvalue weighted by molar-refractivity contribution is 7.10. The highest BCUT2D eigenvalue weighted by atomic mass is 32.1. The molecule has 21 heavy (non-hydrogen) atoms. The van der Waals surface area contributed by atoms with Gasteiger partial charge in [-0.1, -0.05) is 0 Å². The fraction of sp³-hybridized carbons (Fsp3) is 0.688. The fourth-order valence-corrected chi connectivity index (χ4v) is 3.84. The van der Waals surface area contributed by atoms with Crippen LogP contribution < -0.4 is 0 Å². The molecule has 1 spiro atoms. The summed E-state index contributed by atoms with van der Waals surface area (Å²) in [6, 6.07) is 2.23. The molecule has 0 aromatic carbocycles. The first-order chi connectivity index (χ1) is 9.81. The van der Waals surface area contributed by atoms with Crippen molar-refractivity contribution in [3.8, 4) is 0 Å². The number of fused-ring (bicyclic) bond motifs is 2. The number of rotatable bonds is 2. The van der Waals surface area contributed by atoms with Crippen molar-refractivity contribution in [1.82, 2.24) is 4.90 Å². The van der Waals surface area contributed by atoms with Crippen molar-refractivity contribution in [3.63, 3.8) is 0 Å². The second-order valence-corrected chi connectivity index (χ2v) is 8.09. The van der Waals surface area contributed by atoms with Crippen molar-refractivity contribution in [2.45, 2.75) is 50.7 Å². The highest BCUT2D eigenvalue weighted by Gasteiger charge is 2.50. The summed E-state index contributed by atoms with van der Waals surface area (Å²) in [6.07, 6.45) is 2.14. The van der Waals surface area contributed by atoms with E-state index >= 15 is 0 Å². The van der Waals surface area contributed by atoms with Gasteiger partial charge in [0.15, 0.2) is 0 Å². The molecule has 0 radical (unpaired) electrons. The number of thiophene rings is 1. The lowest BCUT2D eigenvalue weighted by Gasteiger charge is -2.32. The second kappa shape index (κ2) is 4.99. The Balaban J connectivity index is 1.68. The zero-order valence-electron chi connectivity index (χ0n) is 13.1. The standard InChI is InChI=1S/C16H23NO3S/c1-15(2,3)20-14(18)17(4)9-12-13-11(5-8-21-13)16(6-7-16)10-19-12/h5,8,12H,6-7,9-10H2,1-4H3. The SMILES string of the molecule is CN(CC1OCC2(CC2)c2ccsc21)C(=O)OC(C)(C)C. The van der Waals surface area contributed by atoms with E-state index in [4.69, 9.17) is 9.47 Å². The minimum Gasteiger partial charge on any atom is -0.444 e. The minimum absolute atomic E-state index is 0.0243. The third-order valence-electron chi connectivity index (χ3n) is 4.12. The molecule has 0 saturated heterocycles. The monoisotopic (exact) mass is 309 g/mol. The predicted molar refractivity (Wildman–Crippen MR) is 82.8 cm³/mol. The lowest BCUT2D eigenvalue weighted by atomic mass is 9.93. The van der Waals surface area contributed by atoms with E-state index in [9.17, 15) is 4.79 Å². The lowest BCUT2D eigenvalue weighted by Crippen LogP contribution is -2.38. The number of likely N-dealkylation sites (N-methyl/N-ethyl adjacent to an activating group) is 1. The Bertz CT molecular complexity index is 542. The maximum absolute atomic E-state index is 12.1. The largest absolute Gasteiger partial charge is 0.444 e. The molecule has 1 fully saturated rings. The zero-order valence-corrected chi connectivity index (χ0v) is 14.0. The molecule has 1 saturated carbocycles. The molecule has 1 aliphatic carbocycles. The number of amides is 1. The first-order valence-electron chi connectivity index (χ1n) is 7.44. The van der Waals surface area contributed by atoms with Crippen LogP contribution in [0.1, 0.15) is 50.2 Å². The van der Waals surface area contributed by atoms with Crippen molar-refractivity contribution < 1.29 is 14.3 Å². The van der Waals surface area contributed by atoms with Crippen LogP contribution in [0.5, 0.6) is 0 Å². The van der Waals surface area contributed by atoms with E-state index in [1.54, 1.807) is 23.3 Å². The molecule has 1 aromatic rings. The normalized spacial score (nSPS) is 22.8. The molecular formula is C16H23NO3S. The van der Waals surface area contributed by atoms with Gasteiger partial charge in [0, 0.05) is 17.3 Å². The van der Waals surface area contributed by atoms with E-state index in [2.05, 4.69) is 11.4 Å². The topological polar surface area (TPSA) is 38.8 Å². The van der Waals surface area contributed by atoms with Crippen molar-refractivity contribution in [2.75, 3.05) is 20.2 Å². The van der Waals surface area contributed by atoms with Crippen LogP contribution in [0.25, 0.3) is 0 Å². The summed E-state index contributed by atoms with van der Waals surface area (Å²) in [7, 11) is 1.77. The molecule has 2 aliphatic rings. The van der Waals surface area contributed by atoms with E-state index < -0.39 is 5.60 Å². The predicted octanol–water partition coefficient (Wildman–Crippen LogP) is 3.72. The second-order valence-electron chi connectivity index (χ2n) is 7.14. The molecule has 1 amide bonds. The van der Waals surface area contributed by atoms with Crippen molar-refractivity contribution in [1.29, 1.82) is 0 Å². The van der Waals surface area contributed by atoms with E-state index in [1.807, 2.05) is 20.8 Å². The van der Waals surface area contributed by atoms with E-state index in [0.29, 0.717) is 6.54 Å². The van der Waals surface area contributed by atoms with Crippen LogP contribution in [-0.2, 0) is 14.9 Å². The van der Waals surface area contributed by atoms with E-state index in [-0.39, 0.29) is 17.6 Å². The highest BCUT2D eigenvalue weighted by Crippen LogP contribution is 2.55. The Labute approximate surface area is 130 Å². The average Bonchev–Trinajstić information content (AvgIpc) is 2.96. The maximum atomic E-state index is 12.1. The molecule has 1 aromatic heterocycles. The van der Waals surface area contributed by atoms with Gasteiger partial charge >= 0.3 is 6.09 Å². The van der Waals surface area contributed by atoms with Crippen molar-refractivity contribution in [2.24, 2.45) is 0 Å². The van der Waals surface area contributed by atoms with Crippen molar-refractivity contribution in [3.05, 3.63) is 21.9 Å². The Kier molecular flexibility index (Phi) is 3.53. The van der Waals surface area contributed by atoms with Gasteiger partial charge in [-0.3, -0.25) is 0 Å². The first kappa shape index (κ1) is 14.9. The van der Waals surface area contributed by atoms with Crippen molar-refractivity contribution >= 4 is 17.4 Å².